The molecule has 0 saturated carbocycles. The Labute approximate surface area is 232 Å². The number of nitrogens with one attached hydrogen (secondary N) is 2. The minimum atomic E-state index is -0.482. The number of hydrogen-bond acceptors (Lipinski definition) is 3. The Morgan fingerprint density at radius 2 is 1.77 bits per heavy atom. The molecular formula is C33H33F2N3O2. The van der Waals surface area contributed by atoms with E-state index in [0.717, 1.165) is 35.0 Å². The summed E-state index contributed by atoms with van der Waals surface area (Å²) in [5.74, 6) is -0.0655. The van der Waals surface area contributed by atoms with E-state index in [0.29, 0.717) is 36.7 Å². The summed E-state index contributed by atoms with van der Waals surface area (Å²) in [5.41, 5.74) is 3.05. The van der Waals surface area contributed by atoms with E-state index in [2.05, 4.69) is 47.9 Å². The number of H-pyrrole nitrogens is 2. The number of hydrogen-bond donors (Lipinski definition) is 2. The van der Waals surface area contributed by atoms with Gasteiger partial charge in [0.15, 0.2) is 11.6 Å². The van der Waals surface area contributed by atoms with Crippen LogP contribution in [0.25, 0.3) is 22.3 Å². The molecular weight excluding hydrogens is 508 g/mol. The van der Waals surface area contributed by atoms with Crippen molar-refractivity contribution >= 4 is 10.9 Å². The number of nitrogens with zero attached hydrogens (tertiary/aromatic N) is 1. The van der Waals surface area contributed by atoms with Gasteiger partial charge in [0.2, 0.25) is 0 Å². The van der Waals surface area contributed by atoms with E-state index < -0.39 is 11.6 Å². The van der Waals surface area contributed by atoms with Crippen molar-refractivity contribution in [3.05, 3.63) is 102 Å². The third-order valence-corrected chi connectivity index (χ3v) is 7.97. The predicted octanol–water partition coefficient (Wildman–Crippen LogP) is 8.31. The molecule has 3 heterocycles. The van der Waals surface area contributed by atoms with Gasteiger partial charge in [0, 0.05) is 52.6 Å². The normalized spacial score (nSPS) is 19.5. The number of aromatic nitrogens is 3. The molecule has 1 unspecified atom stereocenters. The van der Waals surface area contributed by atoms with Gasteiger partial charge in [-0.1, -0.05) is 44.2 Å². The first-order chi connectivity index (χ1) is 19.2. The molecule has 1 aliphatic heterocycles. The van der Waals surface area contributed by atoms with Gasteiger partial charge in [-0.3, -0.25) is 0 Å². The van der Waals surface area contributed by atoms with Crippen LogP contribution in [0.5, 0.6) is 11.5 Å². The second-order valence-electron chi connectivity index (χ2n) is 11.7. The van der Waals surface area contributed by atoms with Gasteiger partial charge in [-0.2, -0.15) is 0 Å². The van der Waals surface area contributed by atoms with Crippen LogP contribution in [0.1, 0.15) is 50.4 Å². The summed E-state index contributed by atoms with van der Waals surface area (Å²) in [6, 6.07) is 18.1. The standard InChI is InChI=1S/C33H33F2N3O2/c1-32(2)18-25-23-12-14-36-28(23)17-27(35)30(25)40-22-10-11-26(34)24(16-22)31-37-19-29(38-31)33(3,13-7-15-39-20-32)21-8-5-4-6-9-21/h4-6,8-12,14,16-17,19,36H,7,13,15,18,20H2,1-3H3,(H,37,38). The number of fused-ring (bicyclic) bond motifs is 8. The fourth-order valence-corrected chi connectivity index (χ4v) is 5.76. The maximum Gasteiger partial charge on any atom is 0.168 e. The highest BCUT2D eigenvalue weighted by Gasteiger charge is 2.32. The molecule has 1 aliphatic rings. The van der Waals surface area contributed by atoms with Gasteiger partial charge in [0.05, 0.1) is 12.2 Å². The lowest BCUT2D eigenvalue weighted by Gasteiger charge is -2.30. The van der Waals surface area contributed by atoms with Crippen molar-refractivity contribution in [2.45, 2.75) is 45.4 Å². The van der Waals surface area contributed by atoms with Crippen LogP contribution in [0, 0.1) is 17.0 Å². The first-order valence-electron chi connectivity index (χ1n) is 13.7. The van der Waals surface area contributed by atoms with Crippen LogP contribution >= 0.6 is 0 Å². The molecule has 4 bridgehead atoms. The Balaban J connectivity index is 1.48. The summed E-state index contributed by atoms with van der Waals surface area (Å²) in [6.07, 6.45) is 5.73. The first kappa shape index (κ1) is 26.3. The topological polar surface area (TPSA) is 62.9 Å². The van der Waals surface area contributed by atoms with E-state index >= 15 is 8.78 Å². The van der Waals surface area contributed by atoms with E-state index in [1.54, 1.807) is 18.5 Å². The van der Waals surface area contributed by atoms with Crippen molar-refractivity contribution in [1.82, 2.24) is 15.0 Å². The van der Waals surface area contributed by atoms with Crippen LogP contribution in [-0.2, 0) is 16.6 Å². The molecule has 1 atom stereocenters. The number of benzene rings is 3. The highest BCUT2D eigenvalue weighted by Crippen LogP contribution is 2.41. The molecule has 5 nitrogen and oxygen atoms in total. The van der Waals surface area contributed by atoms with Crippen LogP contribution in [0.15, 0.2) is 73.1 Å². The summed E-state index contributed by atoms with van der Waals surface area (Å²) in [7, 11) is 0. The third-order valence-electron chi connectivity index (χ3n) is 7.97. The van der Waals surface area contributed by atoms with Crippen LogP contribution in [0.2, 0.25) is 0 Å². The lowest BCUT2D eigenvalue weighted by molar-refractivity contribution is 0.0583. The average molecular weight is 542 g/mol. The first-order valence-corrected chi connectivity index (χ1v) is 13.7. The number of halogens is 2. The summed E-state index contributed by atoms with van der Waals surface area (Å²) < 4.78 is 43.1. The molecule has 206 valence electrons. The Morgan fingerprint density at radius 1 is 0.950 bits per heavy atom. The smallest absolute Gasteiger partial charge is 0.168 e. The van der Waals surface area contributed by atoms with E-state index in [9.17, 15) is 0 Å². The predicted molar refractivity (Wildman–Crippen MR) is 153 cm³/mol. The summed E-state index contributed by atoms with van der Waals surface area (Å²) in [5, 5.41) is 0.888. The van der Waals surface area contributed by atoms with Crippen molar-refractivity contribution in [2.75, 3.05) is 13.2 Å². The van der Waals surface area contributed by atoms with E-state index in [1.165, 1.54) is 18.2 Å². The Kier molecular flexibility index (Phi) is 6.70. The Hall–Kier alpha value is -3.97. The summed E-state index contributed by atoms with van der Waals surface area (Å²) in [6.45, 7) is 7.49. The average Bonchev–Trinajstić information content (AvgIpc) is 3.62. The maximum atomic E-state index is 15.5. The Morgan fingerprint density at radius 3 is 2.60 bits per heavy atom. The summed E-state index contributed by atoms with van der Waals surface area (Å²) in [4.78, 5) is 11.1. The number of ether oxygens (including phenoxy) is 2. The zero-order valence-corrected chi connectivity index (χ0v) is 23.0. The van der Waals surface area contributed by atoms with Crippen LogP contribution in [-0.4, -0.2) is 28.2 Å². The van der Waals surface area contributed by atoms with Gasteiger partial charge in [0.1, 0.15) is 17.4 Å². The molecule has 7 heteroatoms. The molecule has 2 aromatic heterocycles. The minimum Gasteiger partial charge on any atom is -0.454 e. The summed E-state index contributed by atoms with van der Waals surface area (Å²) >= 11 is 0. The molecule has 0 radical (unpaired) electrons. The molecule has 2 N–H and O–H groups in total. The van der Waals surface area contributed by atoms with Gasteiger partial charge in [-0.15, -0.1) is 0 Å². The SMILES string of the molecule is CC1(C)COCCCC(C)(c2ccccc2)c2cnc([nH]2)-c2cc(ccc2F)Oc2c(F)cc3[nH]ccc3c2C1. The van der Waals surface area contributed by atoms with Crippen LogP contribution in [0.3, 0.4) is 0 Å². The van der Waals surface area contributed by atoms with E-state index in [4.69, 9.17) is 9.47 Å². The van der Waals surface area contributed by atoms with E-state index in [-0.39, 0.29) is 22.1 Å². The van der Waals surface area contributed by atoms with Crippen molar-refractivity contribution in [1.29, 1.82) is 0 Å². The Bertz CT molecular complexity index is 1660. The number of aromatic amines is 2. The van der Waals surface area contributed by atoms with E-state index in [1.807, 2.05) is 24.3 Å². The molecule has 0 spiro atoms. The number of imidazole rings is 1. The molecule has 0 saturated heterocycles. The van der Waals surface area contributed by atoms with Gasteiger partial charge in [-0.25, -0.2) is 13.8 Å². The quantitative estimate of drug-likeness (QED) is 0.224. The van der Waals surface area contributed by atoms with Gasteiger partial charge in [-0.05, 0) is 61.4 Å². The number of rotatable bonds is 1. The second-order valence-corrected chi connectivity index (χ2v) is 11.7. The van der Waals surface area contributed by atoms with Crippen molar-refractivity contribution < 1.29 is 18.3 Å². The third kappa shape index (κ3) is 4.90. The van der Waals surface area contributed by atoms with Gasteiger partial charge in [0.25, 0.3) is 0 Å². The van der Waals surface area contributed by atoms with Gasteiger partial charge < -0.3 is 19.4 Å². The fraction of sp³-hybridized carbons (Fsp3) is 0.303. The lowest BCUT2D eigenvalue weighted by atomic mass is 9.76. The molecule has 3 aromatic carbocycles. The zero-order valence-electron chi connectivity index (χ0n) is 23.0. The highest BCUT2D eigenvalue weighted by molar-refractivity contribution is 5.85. The second kappa shape index (κ2) is 10.2. The van der Waals surface area contributed by atoms with Crippen LogP contribution in [0.4, 0.5) is 8.78 Å². The molecule has 5 aromatic rings. The molecule has 0 aliphatic carbocycles. The zero-order chi connectivity index (χ0) is 27.9. The fourth-order valence-electron chi connectivity index (χ4n) is 5.76. The lowest BCUT2D eigenvalue weighted by Crippen LogP contribution is -2.26. The van der Waals surface area contributed by atoms with Gasteiger partial charge >= 0.3 is 0 Å². The molecule has 0 fully saturated rings. The van der Waals surface area contributed by atoms with Crippen molar-refractivity contribution in [3.63, 3.8) is 0 Å². The highest BCUT2D eigenvalue weighted by atomic mass is 19.1. The molecule has 40 heavy (non-hydrogen) atoms. The maximum absolute atomic E-state index is 15.5. The van der Waals surface area contributed by atoms with Crippen molar-refractivity contribution in [3.8, 4) is 22.9 Å². The van der Waals surface area contributed by atoms with Crippen molar-refractivity contribution in [2.24, 2.45) is 5.41 Å². The monoisotopic (exact) mass is 541 g/mol. The molecule has 0 amide bonds. The largest absolute Gasteiger partial charge is 0.454 e. The van der Waals surface area contributed by atoms with Crippen LogP contribution < -0.4 is 4.74 Å². The minimum absolute atomic E-state index is 0.138. The molecule has 6 rings (SSSR count).